The van der Waals surface area contributed by atoms with E-state index in [1.54, 1.807) is 24.3 Å². The largest absolute Gasteiger partial charge is 0.453 e. The molecule has 1 atom stereocenters. The fraction of sp³-hybridized carbons (Fsp3) is 0.294. The van der Waals surface area contributed by atoms with Crippen LogP contribution in [-0.4, -0.2) is 0 Å². The van der Waals surface area contributed by atoms with E-state index in [4.69, 9.17) is 22.1 Å². The number of aryl methyl sites for hydroxylation is 1. The third-order valence-electron chi connectivity index (χ3n) is 3.47. The molecule has 2 N–H and O–H groups in total. The molecule has 0 aliphatic carbocycles. The van der Waals surface area contributed by atoms with Gasteiger partial charge >= 0.3 is 0 Å². The Hall–Kier alpha value is -1.58. The smallest absolute Gasteiger partial charge is 0.181 e. The zero-order chi connectivity index (χ0) is 15.4. The number of benzene rings is 2. The van der Waals surface area contributed by atoms with Gasteiger partial charge in [-0.15, -0.1) is 0 Å². The lowest BCUT2D eigenvalue weighted by molar-refractivity contribution is 0.434. The van der Waals surface area contributed by atoms with Crippen LogP contribution in [0.25, 0.3) is 0 Å². The summed E-state index contributed by atoms with van der Waals surface area (Å²) in [5.41, 5.74) is 7.52. The summed E-state index contributed by atoms with van der Waals surface area (Å²) < 4.78 is 20.1. The van der Waals surface area contributed by atoms with Crippen molar-refractivity contribution in [1.29, 1.82) is 0 Å². The van der Waals surface area contributed by atoms with E-state index in [9.17, 15) is 4.39 Å². The molecule has 2 rings (SSSR count). The maximum absolute atomic E-state index is 14.5. The summed E-state index contributed by atoms with van der Waals surface area (Å²) in [5, 5.41) is 0.235. The van der Waals surface area contributed by atoms with E-state index in [1.807, 2.05) is 19.1 Å². The van der Waals surface area contributed by atoms with Crippen molar-refractivity contribution in [3.05, 3.63) is 58.4 Å². The molecular weight excluding hydrogens is 289 g/mol. The van der Waals surface area contributed by atoms with Crippen LogP contribution < -0.4 is 10.5 Å². The molecule has 0 radical (unpaired) electrons. The van der Waals surface area contributed by atoms with E-state index in [1.165, 1.54) is 5.56 Å². The van der Waals surface area contributed by atoms with E-state index < -0.39 is 5.82 Å². The first-order chi connectivity index (χ1) is 10.1. The number of hydrogen-bond donors (Lipinski definition) is 1. The van der Waals surface area contributed by atoms with Crippen LogP contribution in [0, 0.1) is 5.82 Å². The van der Waals surface area contributed by atoms with Gasteiger partial charge < -0.3 is 10.5 Å². The second-order valence-corrected chi connectivity index (χ2v) is 5.30. The molecule has 0 fully saturated rings. The molecule has 0 amide bonds. The fourth-order valence-electron chi connectivity index (χ4n) is 2.06. The first kappa shape index (κ1) is 15.8. The molecule has 0 saturated carbocycles. The summed E-state index contributed by atoms with van der Waals surface area (Å²) in [4.78, 5) is 0. The Morgan fingerprint density at radius 1 is 1.14 bits per heavy atom. The predicted octanol–water partition coefficient (Wildman–Crippen LogP) is 5.24. The number of nitrogens with two attached hydrogens (primary N) is 1. The Kier molecular flexibility index (Phi) is 5.21. The quantitative estimate of drug-likeness (QED) is 0.819. The first-order valence-corrected chi connectivity index (χ1v) is 7.44. The zero-order valence-electron chi connectivity index (χ0n) is 12.2. The number of ether oxygens (including phenoxy) is 1. The van der Waals surface area contributed by atoms with Gasteiger partial charge in [0.2, 0.25) is 0 Å². The van der Waals surface area contributed by atoms with Crippen LogP contribution in [0.4, 0.5) is 4.39 Å². The second kappa shape index (κ2) is 6.92. The third-order valence-corrected chi connectivity index (χ3v) is 3.77. The highest BCUT2D eigenvalue weighted by molar-refractivity contribution is 6.32. The second-order valence-electron chi connectivity index (χ2n) is 4.89. The van der Waals surface area contributed by atoms with E-state index in [0.717, 1.165) is 6.42 Å². The molecule has 112 valence electrons. The van der Waals surface area contributed by atoms with E-state index >= 15 is 0 Å². The third kappa shape index (κ3) is 3.55. The number of halogens is 2. The van der Waals surface area contributed by atoms with Gasteiger partial charge in [0.05, 0.1) is 5.02 Å². The predicted molar refractivity (Wildman–Crippen MR) is 84.5 cm³/mol. The van der Waals surface area contributed by atoms with E-state index in [0.29, 0.717) is 17.7 Å². The fourth-order valence-corrected chi connectivity index (χ4v) is 2.24. The van der Waals surface area contributed by atoms with E-state index in [2.05, 4.69) is 6.92 Å². The minimum atomic E-state index is -0.489. The van der Waals surface area contributed by atoms with Crippen molar-refractivity contribution in [3.63, 3.8) is 0 Å². The van der Waals surface area contributed by atoms with Crippen LogP contribution in [0.2, 0.25) is 5.02 Å². The lowest BCUT2D eigenvalue weighted by atomic mass is 10.0. The van der Waals surface area contributed by atoms with Crippen LogP contribution in [-0.2, 0) is 6.42 Å². The van der Waals surface area contributed by atoms with Crippen LogP contribution in [0.3, 0.4) is 0 Å². The minimum absolute atomic E-state index is 0.0299. The normalized spacial score (nSPS) is 12.2. The van der Waals surface area contributed by atoms with E-state index in [-0.39, 0.29) is 16.8 Å². The monoisotopic (exact) mass is 307 g/mol. The average molecular weight is 308 g/mol. The first-order valence-electron chi connectivity index (χ1n) is 7.07. The van der Waals surface area contributed by atoms with Crippen molar-refractivity contribution in [2.24, 2.45) is 5.73 Å². The summed E-state index contributed by atoms with van der Waals surface area (Å²) in [6, 6.07) is 10.4. The average Bonchev–Trinajstić information content (AvgIpc) is 2.51. The number of hydrogen-bond acceptors (Lipinski definition) is 2. The standard InChI is InChI=1S/C17H19ClFNO/c1-3-11-5-7-12(8-6-11)21-17-14(18)10-9-13(16(17)19)15(20)4-2/h5-10,15H,3-4,20H2,1-2H3/t15-/m1/s1. The van der Waals surface area contributed by atoms with Crippen molar-refractivity contribution in [2.75, 3.05) is 0 Å². The van der Waals surface area contributed by atoms with Gasteiger partial charge in [0.1, 0.15) is 5.75 Å². The van der Waals surface area contributed by atoms with Crippen LogP contribution in [0.15, 0.2) is 36.4 Å². The number of rotatable bonds is 5. The van der Waals surface area contributed by atoms with Crippen molar-refractivity contribution in [3.8, 4) is 11.5 Å². The molecule has 0 aromatic heterocycles. The molecule has 2 aromatic rings. The van der Waals surface area contributed by atoms with Crippen molar-refractivity contribution in [1.82, 2.24) is 0 Å². The summed E-state index contributed by atoms with van der Waals surface area (Å²) in [6.45, 7) is 3.98. The molecular formula is C17H19ClFNO. The summed E-state index contributed by atoms with van der Waals surface area (Å²) >= 11 is 6.05. The molecule has 0 heterocycles. The summed E-state index contributed by atoms with van der Waals surface area (Å²) in [5.74, 6) is 0.0916. The maximum atomic E-state index is 14.5. The molecule has 2 aromatic carbocycles. The molecule has 4 heteroatoms. The maximum Gasteiger partial charge on any atom is 0.181 e. The Balaban J connectivity index is 2.33. The highest BCUT2D eigenvalue weighted by Gasteiger charge is 2.18. The Morgan fingerprint density at radius 3 is 2.38 bits per heavy atom. The molecule has 0 spiro atoms. The zero-order valence-corrected chi connectivity index (χ0v) is 13.0. The van der Waals surface area contributed by atoms with Crippen molar-refractivity contribution >= 4 is 11.6 Å². The highest BCUT2D eigenvalue weighted by Crippen LogP contribution is 2.36. The van der Waals surface area contributed by atoms with Gasteiger partial charge in [0, 0.05) is 11.6 Å². The van der Waals surface area contributed by atoms with Crippen molar-refractivity contribution in [2.45, 2.75) is 32.7 Å². The molecule has 0 aliphatic rings. The van der Waals surface area contributed by atoms with Gasteiger partial charge in [-0.05, 0) is 36.6 Å². The molecule has 0 saturated heterocycles. The SMILES string of the molecule is CCc1ccc(Oc2c(Cl)ccc([C@H](N)CC)c2F)cc1. The topological polar surface area (TPSA) is 35.2 Å². The van der Waals surface area contributed by atoms with Crippen molar-refractivity contribution < 1.29 is 9.13 Å². The van der Waals surface area contributed by atoms with Crippen LogP contribution >= 0.6 is 11.6 Å². The van der Waals surface area contributed by atoms with Gasteiger partial charge in [0.25, 0.3) is 0 Å². The summed E-state index contributed by atoms with van der Waals surface area (Å²) in [6.07, 6.45) is 1.58. The lowest BCUT2D eigenvalue weighted by Gasteiger charge is -2.15. The molecule has 0 unspecified atom stereocenters. The van der Waals surface area contributed by atoms with Crippen LogP contribution in [0.5, 0.6) is 11.5 Å². The van der Waals surface area contributed by atoms with Gasteiger partial charge in [-0.2, -0.15) is 0 Å². The Bertz CT molecular complexity index is 613. The molecule has 21 heavy (non-hydrogen) atoms. The Labute approximate surface area is 129 Å². The van der Waals surface area contributed by atoms with Gasteiger partial charge in [-0.3, -0.25) is 0 Å². The summed E-state index contributed by atoms with van der Waals surface area (Å²) in [7, 11) is 0. The lowest BCUT2D eigenvalue weighted by Crippen LogP contribution is -2.11. The Morgan fingerprint density at radius 2 is 1.81 bits per heavy atom. The highest BCUT2D eigenvalue weighted by atomic mass is 35.5. The van der Waals surface area contributed by atoms with Gasteiger partial charge in [-0.1, -0.05) is 43.6 Å². The van der Waals surface area contributed by atoms with Crippen LogP contribution in [0.1, 0.15) is 37.4 Å². The minimum Gasteiger partial charge on any atom is -0.453 e. The molecule has 0 aliphatic heterocycles. The van der Waals surface area contributed by atoms with Gasteiger partial charge in [0.15, 0.2) is 11.6 Å². The molecule has 2 nitrogen and oxygen atoms in total. The molecule has 0 bridgehead atoms. The van der Waals surface area contributed by atoms with Gasteiger partial charge in [-0.25, -0.2) is 4.39 Å².